The topological polar surface area (TPSA) is 71.5 Å². The highest BCUT2D eigenvalue weighted by Gasteiger charge is 2.33. The molecule has 4 rings (SSSR count). The number of nitrogens with zero attached hydrogens (tertiary/aromatic N) is 2. The van der Waals surface area contributed by atoms with E-state index in [1.54, 1.807) is 16.4 Å². The van der Waals surface area contributed by atoms with Crippen LogP contribution in [0.15, 0.2) is 10.9 Å². The van der Waals surface area contributed by atoms with Gasteiger partial charge in [-0.05, 0) is 31.7 Å². The zero-order chi connectivity index (χ0) is 17.9. The molecule has 0 bridgehead atoms. The van der Waals surface area contributed by atoms with Gasteiger partial charge in [-0.25, -0.2) is 8.78 Å². The van der Waals surface area contributed by atoms with E-state index in [0.717, 1.165) is 12.8 Å². The van der Waals surface area contributed by atoms with Crippen LogP contribution >= 0.6 is 0 Å². The first kappa shape index (κ1) is 16.5. The van der Waals surface area contributed by atoms with Crippen LogP contribution in [0.4, 0.5) is 14.5 Å². The molecule has 2 aliphatic rings. The predicted octanol–water partition coefficient (Wildman–Crippen LogP) is 1.95. The van der Waals surface area contributed by atoms with Gasteiger partial charge in [0.1, 0.15) is 0 Å². The van der Waals surface area contributed by atoms with Crippen LogP contribution in [0.2, 0.25) is 0 Å². The molecule has 0 radical (unpaired) electrons. The third-order valence-corrected chi connectivity index (χ3v) is 5.28. The number of aliphatic hydroxyl groups is 1. The highest BCUT2D eigenvalue weighted by atomic mass is 19.2. The molecule has 2 aromatic rings. The normalized spacial score (nSPS) is 20.7. The summed E-state index contributed by atoms with van der Waals surface area (Å²) in [6.07, 6.45) is 1.66. The summed E-state index contributed by atoms with van der Waals surface area (Å²) in [5.74, 6) is -1.90. The molecule has 1 aliphatic carbocycles. The third kappa shape index (κ3) is 2.45. The van der Waals surface area contributed by atoms with Gasteiger partial charge in [-0.3, -0.25) is 4.79 Å². The monoisotopic (exact) mass is 349 g/mol. The van der Waals surface area contributed by atoms with Crippen molar-refractivity contribution in [3.8, 4) is 0 Å². The average molecular weight is 349 g/mol. The Labute approximate surface area is 143 Å². The fourth-order valence-corrected chi connectivity index (χ4v) is 3.95. The molecule has 1 aromatic carbocycles. The van der Waals surface area contributed by atoms with Crippen molar-refractivity contribution in [3.63, 3.8) is 0 Å². The molecule has 5 nitrogen and oxygen atoms in total. The van der Waals surface area contributed by atoms with Gasteiger partial charge in [-0.1, -0.05) is 0 Å². The minimum atomic E-state index is -0.966. The van der Waals surface area contributed by atoms with E-state index in [2.05, 4.69) is 0 Å². The summed E-state index contributed by atoms with van der Waals surface area (Å²) in [4.78, 5) is 14.2. The largest absolute Gasteiger partial charge is 0.391 e. The lowest BCUT2D eigenvalue weighted by atomic mass is 10.0. The first-order valence-electron chi connectivity index (χ1n) is 8.62. The highest BCUT2D eigenvalue weighted by Crippen LogP contribution is 2.41. The van der Waals surface area contributed by atoms with Gasteiger partial charge in [0.2, 0.25) is 0 Å². The van der Waals surface area contributed by atoms with Crippen molar-refractivity contribution >= 4 is 16.6 Å². The van der Waals surface area contributed by atoms with Gasteiger partial charge >= 0.3 is 0 Å². The number of aryl methyl sites for hydroxylation is 1. The smallest absolute Gasteiger partial charge is 0.251 e. The van der Waals surface area contributed by atoms with Crippen molar-refractivity contribution in [1.82, 2.24) is 4.57 Å². The van der Waals surface area contributed by atoms with E-state index >= 15 is 0 Å². The lowest BCUT2D eigenvalue weighted by Gasteiger charge is -2.25. The van der Waals surface area contributed by atoms with E-state index in [9.17, 15) is 18.7 Å². The van der Waals surface area contributed by atoms with Gasteiger partial charge in [0, 0.05) is 42.7 Å². The molecule has 3 N–H and O–H groups in total. The lowest BCUT2D eigenvalue weighted by Crippen LogP contribution is -2.26. The van der Waals surface area contributed by atoms with E-state index in [-0.39, 0.29) is 35.8 Å². The van der Waals surface area contributed by atoms with Crippen molar-refractivity contribution in [1.29, 1.82) is 0 Å². The van der Waals surface area contributed by atoms with Crippen molar-refractivity contribution in [2.24, 2.45) is 5.73 Å². The minimum absolute atomic E-state index is 0.0300. The maximum Gasteiger partial charge on any atom is 0.251 e. The van der Waals surface area contributed by atoms with Gasteiger partial charge in [0.15, 0.2) is 11.6 Å². The number of rotatable bonds is 3. The molecule has 1 aromatic heterocycles. The van der Waals surface area contributed by atoms with Crippen molar-refractivity contribution < 1.29 is 13.9 Å². The molecule has 1 atom stereocenters. The molecule has 7 heteroatoms. The molecule has 1 saturated heterocycles. The number of hydrogen-bond acceptors (Lipinski definition) is 4. The molecule has 0 unspecified atom stereocenters. The summed E-state index contributed by atoms with van der Waals surface area (Å²) in [5.41, 5.74) is 6.90. The molecular weight excluding hydrogens is 328 g/mol. The second kappa shape index (κ2) is 5.78. The Bertz CT molecular complexity index is 921. The fourth-order valence-electron chi connectivity index (χ4n) is 3.95. The second-order valence-electron chi connectivity index (χ2n) is 7.03. The number of fused-ring (bicyclic) bond motifs is 1. The van der Waals surface area contributed by atoms with Gasteiger partial charge < -0.3 is 20.3 Å². The van der Waals surface area contributed by atoms with Crippen molar-refractivity contribution in [2.45, 2.75) is 44.9 Å². The van der Waals surface area contributed by atoms with E-state index in [4.69, 9.17) is 5.73 Å². The van der Waals surface area contributed by atoms with Gasteiger partial charge in [-0.2, -0.15) is 0 Å². The van der Waals surface area contributed by atoms with E-state index in [1.807, 2.05) is 0 Å². The average Bonchev–Trinajstić information content (AvgIpc) is 3.33. The van der Waals surface area contributed by atoms with Gasteiger partial charge in [-0.15, -0.1) is 0 Å². The van der Waals surface area contributed by atoms with Crippen LogP contribution < -0.4 is 16.2 Å². The summed E-state index contributed by atoms with van der Waals surface area (Å²) in [7, 11) is 0. The molecule has 0 spiro atoms. The molecule has 0 amide bonds. The lowest BCUT2D eigenvalue weighted by molar-refractivity contribution is 0.198. The Morgan fingerprint density at radius 1 is 1.28 bits per heavy atom. The predicted molar refractivity (Wildman–Crippen MR) is 91.9 cm³/mol. The zero-order valence-corrected chi connectivity index (χ0v) is 14.1. The first-order valence-corrected chi connectivity index (χ1v) is 8.62. The van der Waals surface area contributed by atoms with Crippen molar-refractivity contribution in [2.75, 3.05) is 18.0 Å². The van der Waals surface area contributed by atoms with Gasteiger partial charge in [0.05, 0.1) is 17.3 Å². The number of aliphatic hydroxyl groups excluding tert-OH is 1. The molecular formula is C18H21F2N3O2. The molecule has 134 valence electrons. The Morgan fingerprint density at radius 2 is 2.00 bits per heavy atom. The summed E-state index contributed by atoms with van der Waals surface area (Å²) in [6.45, 7) is 2.39. The summed E-state index contributed by atoms with van der Waals surface area (Å²) < 4.78 is 31.5. The zero-order valence-electron chi connectivity index (χ0n) is 14.1. The van der Waals surface area contributed by atoms with E-state index in [0.29, 0.717) is 29.6 Å². The first-order chi connectivity index (χ1) is 11.9. The van der Waals surface area contributed by atoms with Crippen LogP contribution in [0.1, 0.15) is 36.4 Å². The van der Waals surface area contributed by atoms with Crippen LogP contribution in [0.5, 0.6) is 0 Å². The Hall–Kier alpha value is -1.99. The van der Waals surface area contributed by atoms with Crippen molar-refractivity contribution in [3.05, 3.63) is 39.2 Å². The van der Waals surface area contributed by atoms with Crippen LogP contribution in [0.3, 0.4) is 0 Å². The Kier molecular flexibility index (Phi) is 3.81. The van der Waals surface area contributed by atoms with Crippen LogP contribution in [-0.2, 0) is 6.54 Å². The highest BCUT2D eigenvalue weighted by molar-refractivity contribution is 5.91. The Morgan fingerprint density at radius 3 is 2.56 bits per heavy atom. The number of halogens is 2. The standard InChI is InChI=1S/C18H21F2N3O2/c1-9-17-14(10(7-21)6-13(25)23(17)11-2-3-11)15(19)16(20)18(9)22-5-4-12(24)8-22/h6,11-12,24H,2-5,7-8,21H2,1H3/t12-/m0/s1. The molecule has 25 heavy (non-hydrogen) atoms. The third-order valence-electron chi connectivity index (χ3n) is 5.28. The second-order valence-corrected chi connectivity index (χ2v) is 7.03. The summed E-state index contributed by atoms with van der Waals surface area (Å²) in [6, 6.07) is 1.35. The Balaban J connectivity index is 2.09. The van der Waals surface area contributed by atoms with Gasteiger partial charge in [0.25, 0.3) is 5.56 Å². The van der Waals surface area contributed by atoms with Crippen LogP contribution in [-0.4, -0.2) is 28.9 Å². The molecule has 2 heterocycles. The number of pyridine rings is 1. The number of nitrogens with two attached hydrogens (primary N) is 1. The molecule has 1 saturated carbocycles. The van der Waals surface area contributed by atoms with E-state index in [1.165, 1.54) is 6.07 Å². The summed E-state index contributed by atoms with van der Waals surface area (Å²) >= 11 is 0. The summed E-state index contributed by atoms with van der Waals surface area (Å²) in [5, 5.41) is 9.88. The number of anilines is 1. The van der Waals surface area contributed by atoms with E-state index < -0.39 is 17.7 Å². The van der Waals surface area contributed by atoms with Crippen LogP contribution in [0, 0.1) is 18.6 Å². The SMILES string of the molecule is Cc1c(N2CC[C@H](O)C2)c(F)c(F)c2c(CN)cc(=O)n(C3CC3)c12. The number of β-amino-alcohol motifs (C(OH)–C–C–N with tert-alkyl or cyclic N) is 1. The molecule has 2 fully saturated rings. The molecule has 1 aliphatic heterocycles. The minimum Gasteiger partial charge on any atom is -0.391 e. The number of aromatic nitrogens is 1. The quantitative estimate of drug-likeness (QED) is 0.889. The maximum atomic E-state index is 15.0. The number of benzene rings is 1. The van der Waals surface area contributed by atoms with Crippen LogP contribution in [0.25, 0.3) is 10.9 Å². The maximum absolute atomic E-state index is 15.0. The number of hydrogen-bond donors (Lipinski definition) is 2. The fraction of sp³-hybridized carbons (Fsp3) is 0.500.